The van der Waals surface area contributed by atoms with Crippen molar-refractivity contribution in [3.05, 3.63) is 35.8 Å². The van der Waals surface area contributed by atoms with Crippen molar-refractivity contribution in [2.45, 2.75) is 52.2 Å². The van der Waals surface area contributed by atoms with Crippen LogP contribution in [0.15, 0.2) is 29.5 Å². The van der Waals surface area contributed by atoms with Crippen molar-refractivity contribution < 1.29 is 4.74 Å². The van der Waals surface area contributed by atoms with E-state index in [1.165, 1.54) is 5.56 Å². The van der Waals surface area contributed by atoms with Gasteiger partial charge in [-0.05, 0) is 31.9 Å². The van der Waals surface area contributed by atoms with Crippen LogP contribution >= 0.6 is 0 Å². The van der Waals surface area contributed by atoms with Gasteiger partial charge in [0.1, 0.15) is 5.65 Å². The SMILES string of the molecule is CN=C(NCCc1cn2cccc(C)c2n1)NC1CC(C)(OC)C1(C)C. The van der Waals surface area contributed by atoms with Crippen LogP contribution in [0.2, 0.25) is 0 Å². The minimum atomic E-state index is -0.0854. The normalized spacial score (nSPS) is 25.2. The zero-order valence-electron chi connectivity index (χ0n) is 16.8. The standard InChI is InChI=1S/C20H31N5O/c1-14-8-7-11-25-13-15(23-17(14)25)9-10-22-18(21-5)24-16-12-20(4,26-6)19(16,2)3/h7-8,11,13,16H,9-10,12H2,1-6H3,(H2,21,22,24). The van der Waals surface area contributed by atoms with Crippen molar-refractivity contribution in [1.82, 2.24) is 20.0 Å². The van der Waals surface area contributed by atoms with Crippen molar-refractivity contribution in [2.75, 3.05) is 20.7 Å². The Bertz CT molecular complexity index is 810. The third-order valence-electron chi connectivity index (χ3n) is 6.21. The number of guanidine groups is 1. The fourth-order valence-corrected chi connectivity index (χ4v) is 3.72. The number of nitrogens with zero attached hydrogens (tertiary/aromatic N) is 3. The van der Waals surface area contributed by atoms with Crippen molar-refractivity contribution in [3.8, 4) is 0 Å². The summed E-state index contributed by atoms with van der Waals surface area (Å²) in [5.41, 5.74) is 3.27. The summed E-state index contributed by atoms with van der Waals surface area (Å²) in [6, 6.07) is 4.48. The zero-order valence-corrected chi connectivity index (χ0v) is 16.8. The predicted molar refractivity (Wildman–Crippen MR) is 106 cm³/mol. The lowest BCUT2D eigenvalue weighted by Crippen LogP contribution is -2.69. The lowest BCUT2D eigenvalue weighted by molar-refractivity contribution is -0.176. The second-order valence-electron chi connectivity index (χ2n) is 7.96. The molecule has 2 N–H and O–H groups in total. The summed E-state index contributed by atoms with van der Waals surface area (Å²) in [5, 5.41) is 6.95. The molecule has 0 saturated heterocycles. The van der Waals surface area contributed by atoms with E-state index >= 15 is 0 Å². The second kappa shape index (κ2) is 6.91. The van der Waals surface area contributed by atoms with Crippen molar-refractivity contribution in [3.63, 3.8) is 0 Å². The van der Waals surface area contributed by atoms with Gasteiger partial charge < -0.3 is 19.8 Å². The Kier molecular flexibility index (Phi) is 4.97. The number of aryl methyl sites for hydroxylation is 1. The Hall–Kier alpha value is -2.08. The van der Waals surface area contributed by atoms with Gasteiger partial charge in [-0.3, -0.25) is 4.99 Å². The van der Waals surface area contributed by atoms with Gasteiger partial charge >= 0.3 is 0 Å². The minimum absolute atomic E-state index is 0.0541. The maximum Gasteiger partial charge on any atom is 0.191 e. The molecule has 2 atom stereocenters. The molecule has 0 radical (unpaired) electrons. The largest absolute Gasteiger partial charge is 0.378 e. The van der Waals surface area contributed by atoms with E-state index in [-0.39, 0.29) is 11.0 Å². The van der Waals surface area contributed by atoms with Crippen LogP contribution in [0, 0.1) is 12.3 Å². The van der Waals surface area contributed by atoms with E-state index in [4.69, 9.17) is 9.72 Å². The number of imidazole rings is 1. The molecule has 1 aliphatic rings. The molecule has 2 heterocycles. The molecule has 0 aliphatic heterocycles. The first-order chi connectivity index (χ1) is 12.3. The lowest BCUT2D eigenvalue weighted by Gasteiger charge is -2.59. The van der Waals surface area contributed by atoms with Gasteiger partial charge in [0.15, 0.2) is 5.96 Å². The number of hydrogen-bond donors (Lipinski definition) is 2. The van der Waals surface area contributed by atoms with Gasteiger partial charge in [-0.25, -0.2) is 4.98 Å². The molecule has 2 unspecified atom stereocenters. The highest BCUT2D eigenvalue weighted by molar-refractivity contribution is 5.80. The molecule has 0 aromatic carbocycles. The van der Waals surface area contributed by atoms with Gasteiger partial charge in [0.25, 0.3) is 0 Å². The molecule has 0 amide bonds. The van der Waals surface area contributed by atoms with Gasteiger partial charge in [0.05, 0.1) is 11.3 Å². The number of rotatable bonds is 5. The second-order valence-corrected chi connectivity index (χ2v) is 7.96. The molecule has 0 spiro atoms. The fourth-order valence-electron chi connectivity index (χ4n) is 3.72. The van der Waals surface area contributed by atoms with Gasteiger partial charge in [-0.15, -0.1) is 0 Å². The monoisotopic (exact) mass is 357 g/mol. The number of aromatic nitrogens is 2. The van der Waals surface area contributed by atoms with Crippen molar-refractivity contribution in [1.29, 1.82) is 0 Å². The van der Waals surface area contributed by atoms with Crippen molar-refractivity contribution >= 4 is 11.6 Å². The summed E-state index contributed by atoms with van der Waals surface area (Å²) < 4.78 is 7.78. The van der Waals surface area contributed by atoms with Gasteiger partial charge in [0.2, 0.25) is 0 Å². The lowest BCUT2D eigenvalue weighted by atomic mass is 9.56. The van der Waals surface area contributed by atoms with E-state index in [1.807, 2.05) is 19.3 Å². The van der Waals surface area contributed by atoms with Gasteiger partial charge in [-0.1, -0.05) is 19.9 Å². The summed E-state index contributed by atoms with van der Waals surface area (Å²) in [6.45, 7) is 9.53. The number of pyridine rings is 1. The van der Waals surface area contributed by atoms with E-state index < -0.39 is 0 Å². The molecule has 1 saturated carbocycles. The molecule has 3 rings (SSSR count). The zero-order chi connectivity index (χ0) is 18.9. The van der Waals surface area contributed by atoms with Crippen LogP contribution in [0.25, 0.3) is 5.65 Å². The maximum absolute atomic E-state index is 5.70. The molecule has 6 nitrogen and oxygen atoms in total. The van der Waals surface area contributed by atoms with E-state index in [0.717, 1.165) is 36.7 Å². The number of aliphatic imine (C=N–C) groups is 1. The summed E-state index contributed by atoms with van der Waals surface area (Å²) in [7, 11) is 3.60. The van der Waals surface area contributed by atoms with Crippen LogP contribution in [-0.4, -0.2) is 47.7 Å². The van der Waals surface area contributed by atoms with Gasteiger partial charge in [-0.2, -0.15) is 0 Å². The predicted octanol–water partition coefficient (Wildman–Crippen LogP) is 2.55. The molecular weight excluding hydrogens is 326 g/mol. The van der Waals surface area contributed by atoms with Crippen LogP contribution in [0.5, 0.6) is 0 Å². The Morgan fingerprint density at radius 1 is 1.42 bits per heavy atom. The first-order valence-corrected chi connectivity index (χ1v) is 9.26. The Morgan fingerprint density at radius 3 is 2.81 bits per heavy atom. The van der Waals surface area contributed by atoms with Crippen molar-refractivity contribution in [2.24, 2.45) is 10.4 Å². The maximum atomic E-state index is 5.70. The fraction of sp³-hybridized carbons (Fsp3) is 0.600. The highest BCUT2D eigenvalue weighted by atomic mass is 16.5. The molecular formula is C20H31N5O. The Balaban J connectivity index is 1.54. The number of methoxy groups -OCH3 is 1. The molecule has 6 heteroatoms. The Labute approximate surface area is 156 Å². The first kappa shape index (κ1) is 18.7. The Morgan fingerprint density at radius 2 is 2.19 bits per heavy atom. The summed E-state index contributed by atoms with van der Waals surface area (Å²) in [4.78, 5) is 9.09. The average Bonchev–Trinajstić information content (AvgIpc) is 3.04. The number of ether oxygens (including phenoxy) is 1. The van der Waals surface area contributed by atoms with E-state index in [9.17, 15) is 0 Å². The summed E-state index contributed by atoms with van der Waals surface area (Å²) in [6.07, 6.45) is 5.96. The quantitative estimate of drug-likeness (QED) is 0.638. The van der Waals surface area contributed by atoms with Gasteiger partial charge in [0, 0.05) is 51.0 Å². The van der Waals surface area contributed by atoms with Crippen LogP contribution in [0.3, 0.4) is 0 Å². The number of nitrogens with one attached hydrogen (secondary N) is 2. The average molecular weight is 358 g/mol. The molecule has 142 valence electrons. The van der Waals surface area contributed by atoms with E-state index in [1.54, 1.807) is 7.11 Å². The molecule has 1 fully saturated rings. The molecule has 1 aliphatic carbocycles. The smallest absolute Gasteiger partial charge is 0.191 e. The first-order valence-electron chi connectivity index (χ1n) is 9.26. The molecule has 26 heavy (non-hydrogen) atoms. The number of fused-ring (bicyclic) bond motifs is 1. The third-order valence-corrected chi connectivity index (χ3v) is 6.21. The summed E-state index contributed by atoms with van der Waals surface area (Å²) >= 11 is 0. The van der Waals surface area contributed by atoms with E-state index in [0.29, 0.717) is 6.04 Å². The highest BCUT2D eigenvalue weighted by Gasteiger charge is 2.58. The molecule has 2 aromatic rings. The third kappa shape index (κ3) is 3.18. The van der Waals surface area contributed by atoms with Crippen LogP contribution < -0.4 is 10.6 Å². The van der Waals surface area contributed by atoms with Crippen LogP contribution in [0.1, 0.15) is 38.4 Å². The topological polar surface area (TPSA) is 63.0 Å². The summed E-state index contributed by atoms with van der Waals surface area (Å²) in [5.74, 6) is 0.834. The van der Waals surface area contributed by atoms with Crippen LogP contribution in [-0.2, 0) is 11.2 Å². The number of hydrogen-bond acceptors (Lipinski definition) is 3. The molecule has 2 aromatic heterocycles. The van der Waals surface area contributed by atoms with Crippen LogP contribution in [0.4, 0.5) is 0 Å². The minimum Gasteiger partial charge on any atom is -0.378 e. The highest BCUT2D eigenvalue weighted by Crippen LogP contribution is 2.51. The molecule has 0 bridgehead atoms. The van der Waals surface area contributed by atoms with E-state index in [2.05, 4.69) is 60.0 Å².